The van der Waals surface area contributed by atoms with Gasteiger partial charge in [0.25, 0.3) is 5.56 Å². The summed E-state index contributed by atoms with van der Waals surface area (Å²) in [6.45, 7) is 1.78. The molecule has 0 fully saturated rings. The summed E-state index contributed by atoms with van der Waals surface area (Å²) in [5, 5.41) is 12.0. The number of hydrogen-bond acceptors (Lipinski definition) is 5. The number of carbonyl (C=O) groups is 1. The van der Waals surface area contributed by atoms with E-state index in [0.717, 1.165) is 11.8 Å². The minimum atomic E-state index is -0.337. The van der Waals surface area contributed by atoms with Crippen LogP contribution in [0, 0.1) is 6.92 Å². The molecule has 0 aliphatic heterocycles. The van der Waals surface area contributed by atoms with Gasteiger partial charge in [-0.15, -0.1) is 10.2 Å². The van der Waals surface area contributed by atoms with Gasteiger partial charge in [0, 0.05) is 13.2 Å². The molecule has 1 aromatic carbocycles. The third-order valence-electron chi connectivity index (χ3n) is 4.55. The molecule has 0 aliphatic rings. The van der Waals surface area contributed by atoms with Crippen LogP contribution < -0.4 is 10.9 Å². The third kappa shape index (κ3) is 3.71. The standard InChI is InChI=1S/C19H16Cl2N6O2S/c1-11-16(18(29)27(25(11)2)13-6-4-3-5-7-13)22-15(28)10-30-19-24-23-17-14(21)8-12(20)9-26(17)19/h3-9H,10H2,1-2H3,(H,22,28). The number of nitrogens with one attached hydrogen (secondary N) is 1. The highest BCUT2D eigenvalue weighted by Gasteiger charge is 2.19. The molecule has 0 atom stereocenters. The Morgan fingerprint density at radius 2 is 1.93 bits per heavy atom. The summed E-state index contributed by atoms with van der Waals surface area (Å²) >= 11 is 13.3. The lowest BCUT2D eigenvalue weighted by atomic mass is 10.3. The van der Waals surface area contributed by atoms with Gasteiger partial charge in [-0.3, -0.25) is 18.7 Å². The highest BCUT2D eigenvalue weighted by molar-refractivity contribution is 7.99. The van der Waals surface area contributed by atoms with E-state index in [1.807, 2.05) is 30.3 Å². The molecule has 0 saturated carbocycles. The molecular formula is C19H16Cl2N6O2S. The summed E-state index contributed by atoms with van der Waals surface area (Å²) in [6, 6.07) is 10.8. The highest BCUT2D eigenvalue weighted by atomic mass is 35.5. The van der Waals surface area contributed by atoms with Crippen LogP contribution in [0.15, 0.2) is 52.5 Å². The normalized spacial score (nSPS) is 11.2. The molecular weight excluding hydrogens is 447 g/mol. The molecule has 3 heterocycles. The fourth-order valence-electron chi connectivity index (χ4n) is 3.02. The number of nitrogens with zero attached hydrogens (tertiary/aromatic N) is 5. The first-order valence-electron chi connectivity index (χ1n) is 8.83. The quantitative estimate of drug-likeness (QED) is 0.458. The van der Waals surface area contributed by atoms with Crippen molar-refractivity contribution in [3.8, 4) is 5.69 Å². The summed E-state index contributed by atoms with van der Waals surface area (Å²) in [4.78, 5) is 25.4. The Balaban J connectivity index is 1.54. The lowest BCUT2D eigenvalue weighted by molar-refractivity contribution is -0.113. The molecule has 30 heavy (non-hydrogen) atoms. The molecule has 1 N–H and O–H groups in total. The minimum Gasteiger partial charge on any atom is -0.319 e. The van der Waals surface area contributed by atoms with Crippen molar-refractivity contribution in [2.45, 2.75) is 12.1 Å². The summed E-state index contributed by atoms with van der Waals surface area (Å²) in [5.41, 5.74) is 1.75. The molecule has 0 unspecified atom stereocenters. The van der Waals surface area contributed by atoms with Crippen LogP contribution in [0.25, 0.3) is 11.3 Å². The fraction of sp³-hybridized carbons (Fsp3) is 0.158. The predicted molar refractivity (Wildman–Crippen MR) is 118 cm³/mol. The molecule has 8 nitrogen and oxygen atoms in total. The van der Waals surface area contributed by atoms with Gasteiger partial charge in [0.2, 0.25) is 5.91 Å². The summed E-state index contributed by atoms with van der Waals surface area (Å²) in [7, 11) is 1.77. The molecule has 11 heteroatoms. The second-order valence-corrected chi connectivity index (χ2v) is 8.24. The average molecular weight is 463 g/mol. The van der Waals surface area contributed by atoms with Crippen molar-refractivity contribution in [1.82, 2.24) is 24.0 Å². The van der Waals surface area contributed by atoms with Gasteiger partial charge in [-0.2, -0.15) is 0 Å². The third-order valence-corrected chi connectivity index (χ3v) is 5.97. The first-order valence-corrected chi connectivity index (χ1v) is 10.6. The maximum atomic E-state index is 12.9. The number of anilines is 1. The van der Waals surface area contributed by atoms with Gasteiger partial charge in [0.05, 0.1) is 27.2 Å². The second-order valence-electron chi connectivity index (χ2n) is 6.46. The Hall–Kier alpha value is -2.75. The van der Waals surface area contributed by atoms with Crippen LogP contribution in [0.4, 0.5) is 5.69 Å². The number of hydrogen-bond donors (Lipinski definition) is 1. The zero-order chi connectivity index (χ0) is 21.4. The van der Waals surface area contributed by atoms with E-state index in [1.165, 1.54) is 4.68 Å². The highest BCUT2D eigenvalue weighted by Crippen LogP contribution is 2.25. The SMILES string of the molecule is Cc1c(NC(=O)CSc2nnc3c(Cl)cc(Cl)cn23)c(=O)n(-c2ccccc2)n1C. The first-order chi connectivity index (χ1) is 14.4. The lowest BCUT2D eigenvalue weighted by Gasteiger charge is -2.07. The van der Waals surface area contributed by atoms with Crippen molar-refractivity contribution in [3.63, 3.8) is 0 Å². The number of fused-ring (bicyclic) bond motifs is 1. The van der Waals surface area contributed by atoms with Crippen LogP contribution in [-0.2, 0) is 11.8 Å². The number of rotatable bonds is 5. The van der Waals surface area contributed by atoms with Crippen LogP contribution in [0.1, 0.15) is 5.69 Å². The van der Waals surface area contributed by atoms with Gasteiger partial charge in [0.15, 0.2) is 10.8 Å². The van der Waals surface area contributed by atoms with Crippen molar-refractivity contribution < 1.29 is 4.79 Å². The Morgan fingerprint density at radius 3 is 2.67 bits per heavy atom. The number of halogens is 2. The molecule has 4 aromatic rings. The van der Waals surface area contributed by atoms with Crippen LogP contribution in [-0.4, -0.2) is 35.6 Å². The van der Waals surface area contributed by atoms with Crippen molar-refractivity contribution in [1.29, 1.82) is 0 Å². The van der Waals surface area contributed by atoms with E-state index in [1.54, 1.807) is 35.3 Å². The first kappa shape index (κ1) is 20.5. The van der Waals surface area contributed by atoms with Gasteiger partial charge < -0.3 is 5.32 Å². The zero-order valence-electron chi connectivity index (χ0n) is 16.0. The Labute approximate surface area is 185 Å². The Kier molecular flexibility index (Phi) is 5.59. The average Bonchev–Trinajstić information content (AvgIpc) is 3.21. The summed E-state index contributed by atoms with van der Waals surface area (Å²) in [6.07, 6.45) is 1.63. The van der Waals surface area contributed by atoms with Crippen LogP contribution in [0.2, 0.25) is 10.0 Å². The molecule has 1 amide bonds. The van der Waals surface area contributed by atoms with Gasteiger partial charge in [-0.05, 0) is 25.1 Å². The number of amides is 1. The van der Waals surface area contributed by atoms with E-state index in [4.69, 9.17) is 23.2 Å². The van der Waals surface area contributed by atoms with Gasteiger partial charge >= 0.3 is 0 Å². The number of carbonyl (C=O) groups excluding carboxylic acids is 1. The van der Waals surface area contributed by atoms with Crippen molar-refractivity contribution >= 4 is 52.2 Å². The van der Waals surface area contributed by atoms with E-state index in [9.17, 15) is 9.59 Å². The molecule has 3 aromatic heterocycles. The molecule has 4 rings (SSSR count). The van der Waals surface area contributed by atoms with Crippen LogP contribution in [0.3, 0.4) is 0 Å². The molecule has 0 spiro atoms. The van der Waals surface area contributed by atoms with E-state index in [2.05, 4.69) is 15.5 Å². The smallest absolute Gasteiger partial charge is 0.295 e. The van der Waals surface area contributed by atoms with Gasteiger partial charge in [0.1, 0.15) is 5.69 Å². The monoisotopic (exact) mass is 462 g/mol. The number of thioether (sulfide) groups is 1. The number of pyridine rings is 1. The van der Waals surface area contributed by atoms with E-state index < -0.39 is 0 Å². The predicted octanol–water partition coefficient (Wildman–Crippen LogP) is 3.56. The Morgan fingerprint density at radius 1 is 1.20 bits per heavy atom. The molecule has 0 radical (unpaired) electrons. The second kappa shape index (κ2) is 8.17. The largest absolute Gasteiger partial charge is 0.319 e. The number of aromatic nitrogens is 5. The summed E-state index contributed by atoms with van der Waals surface area (Å²) in [5.74, 6) is -0.305. The molecule has 154 valence electrons. The topological polar surface area (TPSA) is 86.2 Å². The zero-order valence-corrected chi connectivity index (χ0v) is 18.3. The molecule has 0 saturated heterocycles. The number of para-hydroxylation sites is 1. The fourth-order valence-corrected chi connectivity index (χ4v) is 4.24. The van der Waals surface area contributed by atoms with E-state index >= 15 is 0 Å². The van der Waals surface area contributed by atoms with Crippen LogP contribution in [0.5, 0.6) is 0 Å². The Bertz CT molecular complexity index is 1310. The van der Waals surface area contributed by atoms with E-state index in [0.29, 0.717) is 32.2 Å². The van der Waals surface area contributed by atoms with Gasteiger partial charge in [-0.25, -0.2) is 4.68 Å². The van der Waals surface area contributed by atoms with Gasteiger partial charge in [-0.1, -0.05) is 53.2 Å². The lowest BCUT2D eigenvalue weighted by Crippen LogP contribution is -2.23. The summed E-state index contributed by atoms with van der Waals surface area (Å²) < 4.78 is 4.84. The van der Waals surface area contributed by atoms with Crippen molar-refractivity contribution in [2.24, 2.45) is 7.05 Å². The van der Waals surface area contributed by atoms with Crippen LogP contribution >= 0.6 is 35.0 Å². The molecule has 0 bridgehead atoms. The maximum absolute atomic E-state index is 12.9. The molecule has 0 aliphatic carbocycles. The minimum absolute atomic E-state index is 0.0318. The van der Waals surface area contributed by atoms with Crippen molar-refractivity contribution in [3.05, 3.63) is 68.7 Å². The number of benzene rings is 1. The van der Waals surface area contributed by atoms with E-state index in [-0.39, 0.29) is 22.9 Å². The maximum Gasteiger partial charge on any atom is 0.295 e. The van der Waals surface area contributed by atoms with Crippen molar-refractivity contribution in [2.75, 3.05) is 11.1 Å².